The van der Waals surface area contributed by atoms with Crippen molar-refractivity contribution in [1.29, 1.82) is 0 Å². The molecule has 0 amide bonds. The van der Waals surface area contributed by atoms with Gasteiger partial charge in [0.05, 0.1) is 0 Å². The molecule has 0 bridgehead atoms. The Hall–Kier alpha value is 0.376. The molecule has 0 aliphatic heterocycles. The topological polar surface area (TPSA) is 98.0 Å². The fraction of sp³-hybridized carbons (Fsp3) is 0. The fourth-order valence-electron chi connectivity index (χ4n) is 0. The Kier molecular flexibility index (Phi) is 6.72. The zero-order chi connectivity index (χ0) is 6.50. The molecule has 4 N–H and O–H groups in total. The Bertz CT molecular complexity index is 31.8. The van der Waals surface area contributed by atoms with Gasteiger partial charge in [0.1, 0.15) is 0 Å². The minimum absolute atomic E-state index is 2.00. The Morgan fingerprint density at radius 3 is 1.00 bits per heavy atom. The van der Waals surface area contributed by atoms with E-state index in [-0.39, 0.29) is 0 Å². The molecule has 0 aromatic rings. The van der Waals surface area contributed by atoms with Gasteiger partial charge in [-0.15, -0.1) is 0 Å². The van der Waals surface area contributed by atoms with E-state index in [1.54, 1.807) is 0 Å². The summed E-state index contributed by atoms with van der Waals surface area (Å²) >= 11 is 2.00. The fourth-order valence-corrected chi connectivity index (χ4v) is 0. The van der Waals surface area contributed by atoms with Crippen molar-refractivity contribution in [2.24, 2.45) is 0 Å². The average molecular weight is 168 g/mol. The zero-order valence-electron chi connectivity index (χ0n) is 3.05. The third-order valence-corrected chi connectivity index (χ3v) is 0. The molecule has 7 heteroatoms. The number of hydrogen-bond donors (Lipinski definition) is 4. The molecule has 0 spiro atoms. The van der Waals surface area contributed by atoms with Gasteiger partial charge in [-0.3, -0.25) is 0 Å². The van der Waals surface area contributed by atoms with Crippen LogP contribution in [-0.4, -0.2) is 28.2 Å². The van der Waals surface area contributed by atoms with Crippen LogP contribution in [0.15, 0.2) is 0 Å². The van der Waals surface area contributed by atoms with Crippen molar-refractivity contribution in [1.82, 2.24) is 0 Å². The van der Waals surface area contributed by atoms with Crippen molar-refractivity contribution >= 4 is 9.05 Å². The molecule has 0 saturated carbocycles. The van der Waals surface area contributed by atoms with Gasteiger partial charge in [0.15, 0.2) is 0 Å². The molecule has 0 aromatic heterocycles. The van der Waals surface area contributed by atoms with Gasteiger partial charge in [-0.05, 0) is 0 Å². The molecule has 0 aromatic carbocycles. The summed E-state index contributed by atoms with van der Waals surface area (Å²) in [5.74, 6) is 0. The van der Waals surface area contributed by atoms with Gasteiger partial charge < -0.3 is 19.2 Å². The summed E-state index contributed by atoms with van der Waals surface area (Å²) in [7, 11) is -4.61. The monoisotopic (exact) mass is 168 g/mol. The molecule has 0 aliphatic carbocycles. The molecule has 0 saturated heterocycles. The first-order valence-corrected chi connectivity index (χ1v) is 3.28. The van der Waals surface area contributed by atoms with Crippen molar-refractivity contribution < 1.29 is 39.0 Å². The summed E-state index contributed by atoms with van der Waals surface area (Å²) < 4.78 is 8.00. The van der Waals surface area contributed by atoms with Crippen LogP contribution in [0, 0.1) is 0 Å². The third-order valence-electron chi connectivity index (χ3n) is 0. The van der Waals surface area contributed by atoms with E-state index in [9.17, 15) is 0 Å². The summed E-state index contributed by atoms with van der Waals surface area (Å²) in [5, 5.41) is 0. The van der Waals surface area contributed by atoms with Crippen LogP contribution in [0.5, 0.6) is 0 Å². The molecular formula is H4FeO5Si. The predicted octanol–water partition coefficient (Wildman–Crippen LogP) is -2.73. The van der Waals surface area contributed by atoms with E-state index in [1.165, 1.54) is 0 Å². The van der Waals surface area contributed by atoms with E-state index in [1.807, 2.05) is 15.9 Å². The third kappa shape index (κ3) is 862. The van der Waals surface area contributed by atoms with Gasteiger partial charge in [0, 0.05) is 0 Å². The summed E-state index contributed by atoms with van der Waals surface area (Å²) in [6.07, 6.45) is 0. The van der Waals surface area contributed by atoms with E-state index in [0.717, 1.165) is 0 Å². The maximum absolute atomic E-state index is 8.00. The summed E-state index contributed by atoms with van der Waals surface area (Å²) in [4.78, 5) is 29.3. The van der Waals surface area contributed by atoms with Gasteiger partial charge in [0.2, 0.25) is 0 Å². The SMILES string of the molecule is O[Si](O)(O)O.[O]=[Fe]. The quantitative estimate of drug-likeness (QED) is 0.294. The second kappa shape index (κ2) is 4.53. The second-order valence-electron chi connectivity index (χ2n) is 0.600. The molecule has 0 atom stereocenters. The summed E-state index contributed by atoms with van der Waals surface area (Å²) in [6.45, 7) is 0. The van der Waals surface area contributed by atoms with Crippen LogP contribution in [-0.2, 0) is 19.8 Å². The molecule has 7 heavy (non-hydrogen) atoms. The van der Waals surface area contributed by atoms with Gasteiger partial charge in [0.25, 0.3) is 0 Å². The van der Waals surface area contributed by atoms with Gasteiger partial charge in [-0.2, -0.15) is 0 Å². The molecule has 0 aliphatic rings. The first kappa shape index (κ1) is 10.4. The number of rotatable bonds is 0. The van der Waals surface area contributed by atoms with E-state index in [2.05, 4.69) is 0 Å². The Labute approximate surface area is 48.7 Å². The Morgan fingerprint density at radius 1 is 1.00 bits per heavy atom. The standard InChI is InChI=1S/Fe.H4O4Si.O/c;1-5(2,3)4;/h;1-4H;. The first-order chi connectivity index (χ1) is 3.00. The van der Waals surface area contributed by atoms with Crippen LogP contribution in [0.25, 0.3) is 0 Å². The van der Waals surface area contributed by atoms with Gasteiger partial charge in [-0.1, -0.05) is 0 Å². The van der Waals surface area contributed by atoms with Crippen LogP contribution >= 0.6 is 0 Å². The normalized spacial score (nSPS) is 9.29. The van der Waals surface area contributed by atoms with Crippen molar-refractivity contribution in [3.05, 3.63) is 0 Å². The molecule has 0 fully saturated rings. The van der Waals surface area contributed by atoms with Crippen LogP contribution in [0.3, 0.4) is 0 Å². The molecular weight excluding hydrogens is 164 g/mol. The average Bonchev–Trinajstić information content (AvgIpc) is 1.36. The van der Waals surface area contributed by atoms with Gasteiger partial charge >= 0.3 is 28.8 Å². The van der Waals surface area contributed by atoms with Crippen molar-refractivity contribution in [3.63, 3.8) is 0 Å². The molecule has 0 radical (unpaired) electrons. The molecule has 0 rings (SSSR count). The maximum atomic E-state index is 8.00. The van der Waals surface area contributed by atoms with E-state index >= 15 is 0 Å². The summed E-state index contributed by atoms with van der Waals surface area (Å²) in [6, 6.07) is 0. The number of hydrogen-bond acceptors (Lipinski definition) is 5. The summed E-state index contributed by atoms with van der Waals surface area (Å²) in [5.41, 5.74) is 0. The van der Waals surface area contributed by atoms with Crippen LogP contribution < -0.4 is 0 Å². The van der Waals surface area contributed by atoms with Crippen LogP contribution in [0.4, 0.5) is 0 Å². The van der Waals surface area contributed by atoms with E-state index < -0.39 is 9.05 Å². The minimum atomic E-state index is -4.61. The molecule has 0 unspecified atom stereocenters. The second-order valence-corrected chi connectivity index (χ2v) is 1.80. The van der Waals surface area contributed by atoms with E-state index in [4.69, 9.17) is 23.0 Å². The van der Waals surface area contributed by atoms with Crippen molar-refractivity contribution in [2.45, 2.75) is 0 Å². The predicted molar refractivity (Wildman–Crippen MR) is 15.3 cm³/mol. The first-order valence-electron chi connectivity index (χ1n) is 1.04. The molecule has 5 nitrogen and oxygen atoms in total. The van der Waals surface area contributed by atoms with Crippen molar-refractivity contribution in [2.75, 3.05) is 0 Å². The van der Waals surface area contributed by atoms with E-state index in [0.29, 0.717) is 0 Å². The molecule has 46 valence electrons. The van der Waals surface area contributed by atoms with Gasteiger partial charge in [-0.25, -0.2) is 0 Å². The van der Waals surface area contributed by atoms with Crippen LogP contribution in [0.2, 0.25) is 0 Å². The Balaban J connectivity index is 0. The zero-order valence-corrected chi connectivity index (χ0v) is 5.15. The van der Waals surface area contributed by atoms with Crippen LogP contribution in [0.1, 0.15) is 0 Å². The Morgan fingerprint density at radius 2 is 1.00 bits per heavy atom. The molecule has 0 heterocycles. The van der Waals surface area contributed by atoms with Crippen molar-refractivity contribution in [3.8, 4) is 0 Å².